The van der Waals surface area contributed by atoms with Gasteiger partial charge in [0.1, 0.15) is 28.8 Å². The minimum Gasteiger partial charge on any atom is -0.497 e. The van der Waals surface area contributed by atoms with Crippen molar-refractivity contribution in [1.29, 1.82) is 0 Å². The molecule has 1 aromatic heterocycles. The molecule has 0 aliphatic carbocycles. The molecule has 1 heterocycles. The Morgan fingerprint density at radius 2 is 1.20 bits per heavy atom. The number of hydrogen-bond donors (Lipinski definition) is 4. The molecule has 0 atom stereocenters. The number of halogens is 2. The summed E-state index contributed by atoms with van der Waals surface area (Å²) in [6.07, 6.45) is 2.17. The summed E-state index contributed by atoms with van der Waals surface area (Å²) in [4.78, 5) is 8.02. The maximum Gasteiger partial charge on any atom is 0.221 e. The Morgan fingerprint density at radius 1 is 0.610 bits per heavy atom. The van der Waals surface area contributed by atoms with Crippen LogP contribution in [-0.4, -0.2) is 38.4 Å². The first-order valence-electron chi connectivity index (χ1n) is 12.0. The van der Waals surface area contributed by atoms with Crippen LogP contribution in [0.25, 0.3) is 21.5 Å². The quantitative estimate of drug-likeness (QED) is 0.188. The van der Waals surface area contributed by atoms with Crippen molar-refractivity contribution in [3.05, 3.63) is 71.9 Å². The average molecular weight is 602 g/mol. The van der Waals surface area contributed by atoms with Crippen molar-refractivity contribution in [3.8, 4) is 23.0 Å². The summed E-state index contributed by atoms with van der Waals surface area (Å²) in [7, 11) is 6.45. The highest BCUT2D eigenvalue weighted by atomic mass is 35.5. The first-order chi connectivity index (χ1) is 18.8. The molecule has 4 aromatic carbocycles. The van der Waals surface area contributed by atoms with Crippen LogP contribution in [-0.2, 0) is 6.42 Å². The standard InChI is InChI=1S/C17H19N5O2.C12H13NO2.2ClH/c1-23-11-3-4-12-9(5-10-8-21-17(20)22-16(10)19)6-14(24-2)15(18)13(12)7-11;1-14-9-5-3-8-4-6-11(15-2)12(13)10(8)7-9;;/h3-4,6-8H,5,18H2,1-2H3,(H4,19,20,21,22);3-7H,13H2,1-2H3;2*1H. The molecular formula is C29H34Cl2N6O4. The van der Waals surface area contributed by atoms with Gasteiger partial charge in [-0.3, -0.25) is 0 Å². The molecular weight excluding hydrogens is 567 g/mol. The summed E-state index contributed by atoms with van der Waals surface area (Å²) in [5.41, 5.74) is 26.7. The zero-order valence-corrected chi connectivity index (χ0v) is 24.8. The fraction of sp³-hybridized carbons (Fsp3) is 0.172. The first-order valence-corrected chi connectivity index (χ1v) is 12.0. The number of fused-ring (bicyclic) bond motifs is 2. The highest BCUT2D eigenvalue weighted by Crippen LogP contribution is 2.37. The van der Waals surface area contributed by atoms with Crippen molar-refractivity contribution in [2.24, 2.45) is 0 Å². The number of aromatic nitrogens is 2. The van der Waals surface area contributed by atoms with Crippen LogP contribution in [0.4, 0.5) is 23.1 Å². The highest BCUT2D eigenvalue weighted by molar-refractivity contribution is 5.99. The normalized spacial score (nSPS) is 10.0. The predicted octanol–water partition coefficient (Wildman–Crippen LogP) is 5.27. The summed E-state index contributed by atoms with van der Waals surface area (Å²) in [6.45, 7) is 0. The lowest BCUT2D eigenvalue weighted by Gasteiger charge is -2.14. The molecule has 5 rings (SSSR count). The first kappa shape index (κ1) is 32.7. The number of nitrogens with zero attached hydrogens (tertiary/aromatic N) is 2. The number of methoxy groups -OCH3 is 4. The fourth-order valence-electron chi connectivity index (χ4n) is 4.30. The Hall–Kier alpha value is -4.54. The number of nitrogen functional groups attached to an aromatic ring is 4. The van der Waals surface area contributed by atoms with Gasteiger partial charge < -0.3 is 41.9 Å². The van der Waals surface area contributed by atoms with Gasteiger partial charge in [0.2, 0.25) is 5.95 Å². The second kappa shape index (κ2) is 14.2. The van der Waals surface area contributed by atoms with E-state index in [0.717, 1.165) is 44.2 Å². The molecule has 10 nitrogen and oxygen atoms in total. The van der Waals surface area contributed by atoms with Gasteiger partial charge in [-0.1, -0.05) is 18.2 Å². The minimum atomic E-state index is 0. The van der Waals surface area contributed by atoms with Crippen molar-refractivity contribution in [1.82, 2.24) is 9.97 Å². The van der Waals surface area contributed by atoms with E-state index in [4.69, 9.17) is 41.9 Å². The number of anilines is 4. The fourth-order valence-corrected chi connectivity index (χ4v) is 4.30. The Bertz CT molecular complexity index is 1650. The largest absolute Gasteiger partial charge is 0.497 e. The number of benzene rings is 4. The van der Waals surface area contributed by atoms with Gasteiger partial charge in [0.05, 0.1) is 39.8 Å². The Kier molecular flexibility index (Phi) is 11.3. The maximum absolute atomic E-state index is 6.22. The smallest absolute Gasteiger partial charge is 0.221 e. The van der Waals surface area contributed by atoms with E-state index < -0.39 is 0 Å². The van der Waals surface area contributed by atoms with Gasteiger partial charge in [0.15, 0.2) is 0 Å². The van der Waals surface area contributed by atoms with Crippen molar-refractivity contribution >= 4 is 69.5 Å². The topological polar surface area (TPSA) is 167 Å². The summed E-state index contributed by atoms with van der Waals surface area (Å²) >= 11 is 0. The number of nitrogens with two attached hydrogens (primary N) is 4. The summed E-state index contributed by atoms with van der Waals surface area (Å²) in [6, 6.07) is 17.3. The number of hydrogen-bond acceptors (Lipinski definition) is 10. The van der Waals surface area contributed by atoms with Crippen LogP contribution in [0.3, 0.4) is 0 Å². The molecule has 5 aromatic rings. The van der Waals surface area contributed by atoms with Gasteiger partial charge in [0.25, 0.3) is 0 Å². The molecule has 0 bridgehead atoms. The molecule has 0 saturated carbocycles. The third-order valence-electron chi connectivity index (χ3n) is 6.40. The van der Waals surface area contributed by atoms with Crippen LogP contribution in [0.5, 0.6) is 23.0 Å². The van der Waals surface area contributed by atoms with E-state index in [2.05, 4.69) is 9.97 Å². The zero-order valence-electron chi connectivity index (χ0n) is 23.1. The summed E-state index contributed by atoms with van der Waals surface area (Å²) < 4.78 is 21.0. The van der Waals surface area contributed by atoms with Crippen LogP contribution < -0.4 is 41.9 Å². The van der Waals surface area contributed by atoms with Gasteiger partial charge in [-0.15, -0.1) is 24.8 Å². The highest BCUT2D eigenvalue weighted by Gasteiger charge is 2.14. The maximum atomic E-state index is 6.22. The SMILES string of the molecule is COc1ccc2c(Cc3cnc(N)nc3N)cc(OC)c(N)c2c1.COc1ccc2ccc(OC)c(N)c2c1.Cl.Cl. The van der Waals surface area contributed by atoms with Crippen LogP contribution in [0, 0.1) is 0 Å². The molecule has 0 aliphatic heterocycles. The Labute approximate surface area is 250 Å². The van der Waals surface area contributed by atoms with Crippen molar-refractivity contribution < 1.29 is 18.9 Å². The monoisotopic (exact) mass is 600 g/mol. The van der Waals surface area contributed by atoms with Gasteiger partial charge in [-0.25, -0.2) is 4.98 Å². The summed E-state index contributed by atoms with van der Waals surface area (Å²) in [5.74, 6) is 3.32. The van der Waals surface area contributed by atoms with Crippen molar-refractivity contribution in [2.45, 2.75) is 6.42 Å². The van der Waals surface area contributed by atoms with Crippen LogP contribution in [0.2, 0.25) is 0 Å². The zero-order chi connectivity index (χ0) is 28.1. The van der Waals surface area contributed by atoms with Gasteiger partial charge in [-0.05, 0) is 52.7 Å². The second-order valence-electron chi connectivity index (χ2n) is 8.65. The van der Waals surface area contributed by atoms with Crippen LogP contribution >= 0.6 is 24.8 Å². The van der Waals surface area contributed by atoms with Gasteiger partial charge in [0, 0.05) is 29.0 Å². The van der Waals surface area contributed by atoms with Gasteiger partial charge >= 0.3 is 0 Å². The van der Waals surface area contributed by atoms with Gasteiger partial charge in [-0.2, -0.15) is 4.98 Å². The molecule has 0 amide bonds. The molecule has 12 heteroatoms. The third-order valence-corrected chi connectivity index (χ3v) is 6.40. The average Bonchev–Trinajstić information content (AvgIpc) is 2.96. The summed E-state index contributed by atoms with van der Waals surface area (Å²) in [5, 5.41) is 3.88. The molecule has 0 fully saturated rings. The lowest BCUT2D eigenvalue weighted by molar-refractivity contribution is 0.414. The third kappa shape index (κ3) is 6.97. The molecule has 0 unspecified atom stereocenters. The van der Waals surface area contributed by atoms with Crippen LogP contribution in [0.15, 0.2) is 60.8 Å². The van der Waals surface area contributed by atoms with E-state index in [1.54, 1.807) is 34.6 Å². The minimum absolute atomic E-state index is 0. The van der Waals surface area contributed by atoms with E-state index in [0.29, 0.717) is 35.1 Å². The van der Waals surface area contributed by atoms with E-state index in [1.165, 1.54) is 0 Å². The Balaban J connectivity index is 0.000000300. The lowest BCUT2D eigenvalue weighted by Crippen LogP contribution is -2.05. The molecule has 41 heavy (non-hydrogen) atoms. The molecule has 8 N–H and O–H groups in total. The lowest BCUT2D eigenvalue weighted by atomic mass is 9.97. The Morgan fingerprint density at radius 3 is 1.80 bits per heavy atom. The molecule has 0 saturated heterocycles. The van der Waals surface area contributed by atoms with Crippen LogP contribution in [0.1, 0.15) is 11.1 Å². The van der Waals surface area contributed by atoms with Crippen molar-refractivity contribution in [2.75, 3.05) is 51.4 Å². The number of ether oxygens (including phenoxy) is 4. The molecule has 0 spiro atoms. The molecule has 0 radical (unpaired) electrons. The predicted molar refractivity (Wildman–Crippen MR) is 171 cm³/mol. The second-order valence-corrected chi connectivity index (χ2v) is 8.65. The van der Waals surface area contributed by atoms with E-state index in [9.17, 15) is 0 Å². The van der Waals surface area contributed by atoms with E-state index in [-0.39, 0.29) is 30.8 Å². The molecule has 218 valence electrons. The number of rotatable bonds is 6. The molecule has 0 aliphatic rings. The van der Waals surface area contributed by atoms with E-state index in [1.807, 2.05) is 54.6 Å². The van der Waals surface area contributed by atoms with E-state index >= 15 is 0 Å². The van der Waals surface area contributed by atoms with Crippen molar-refractivity contribution in [3.63, 3.8) is 0 Å².